The maximum atomic E-state index is 14.3. The predicted molar refractivity (Wildman–Crippen MR) is 113 cm³/mol. The van der Waals surface area contributed by atoms with Crippen molar-refractivity contribution in [2.75, 3.05) is 0 Å². The van der Waals surface area contributed by atoms with E-state index in [1.807, 2.05) is 30.3 Å². The van der Waals surface area contributed by atoms with E-state index in [-0.39, 0.29) is 18.3 Å². The summed E-state index contributed by atoms with van der Waals surface area (Å²) >= 11 is 0. The number of esters is 1. The molecule has 164 valence electrons. The number of carbonyl (C=O) groups is 1. The Hall–Kier alpha value is -2.02. The number of benzene rings is 2. The minimum Gasteiger partial charge on any atom is -0.459 e. The zero-order valence-electron chi connectivity index (χ0n) is 16.9. The van der Waals surface area contributed by atoms with Crippen LogP contribution in [0.4, 0.5) is 8.78 Å². The molecule has 0 spiro atoms. The number of halogens is 3. The Morgan fingerprint density at radius 1 is 1.13 bits per heavy atom. The van der Waals surface area contributed by atoms with Crippen molar-refractivity contribution in [3.05, 3.63) is 71.3 Å². The maximum absolute atomic E-state index is 14.3. The molecule has 0 radical (unpaired) electrons. The van der Waals surface area contributed by atoms with Crippen molar-refractivity contribution < 1.29 is 23.0 Å². The molecule has 1 aliphatic heterocycles. The lowest BCUT2D eigenvalue weighted by molar-refractivity contribution is -0.161. The molecule has 1 fully saturated rings. The van der Waals surface area contributed by atoms with Gasteiger partial charge in [-0.2, -0.15) is 0 Å². The van der Waals surface area contributed by atoms with Crippen molar-refractivity contribution in [2.24, 2.45) is 11.7 Å². The third-order valence-corrected chi connectivity index (χ3v) is 5.40. The molecule has 0 unspecified atom stereocenters. The zero-order chi connectivity index (χ0) is 20.8. The van der Waals surface area contributed by atoms with Gasteiger partial charge in [-0.1, -0.05) is 42.8 Å². The summed E-state index contributed by atoms with van der Waals surface area (Å²) in [6.07, 6.45) is 1.28. The summed E-state index contributed by atoms with van der Waals surface area (Å²) < 4.78 is 39.3. The first-order valence-corrected chi connectivity index (χ1v) is 9.99. The van der Waals surface area contributed by atoms with Crippen LogP contribution in [0.3, 0.4) is 0 Å². The number of nitrogens with two attached hydrogens (primary N) is 1. The molecular formula is C23H28ClF2NO3. The first-order valence-electron chi connectivity index (χ1n) is 9.99. The van der Waals surface area contributed by atoms with Gasteiger partial charge in [-0.15, -0.1) is 12.4 Å². The Balaban J connectivity index is 0.00000320. The molecule has 1 aliphatic rings. The van der Waals surface area contributed by atoms with Crippen molar-refractivity contribution in [2.45, 2.75) is 57.5 Å². The molecule has 30 heavy (non-hydrogen) atoms. The molecule has 7 heteroatoms. The third kappa shape index (κ3) is 6.49. The molecule has 0 aromatic heterocycles. The smallest absolute Gasteiger partial charge is 0.323 e. The van der Waals surface area contributed by atoms with Gasteiger partial charge < -0.3 is 15.2 Å². The summed E-state index contributed by atoms with van der Waals surface area (Å²) in [6, 6.07) is 12.6. The first kappa shape index (κ1) is 24.3. The van der Waals surface area contributed by atoms with Crippen LogP contribution in [0, 0.1) is 17.6 Å². The molecule has 0 bridgehead atoms. The third-order valence-electron chi connectivity index (χ3n) is 5.40. The Labute approximate surface area is 182 Å². The molecule has 3 rings (SSSR count). The lowest BCUT2D eigenvalue weighted by Gasteiger charge is -2.31. The van der Waals surface area contributed by atoms with Gasteiger partial charge in [0.1, 0.15) is 23.8 Å². The Morgan fingerprint density at radius 3 is 2.57 bits per heavy atom. The number of cyclic esters (lactones) is 1. The minimum absolute atomic E-state index is 0. The van der Waals surface area contributed by atoms with E-state index >= 15 is 0 Å². The zero-order valence-corrected chi connectivity index (χ0v) is 17.7. The van der Waals surface area contributed by atoms with E-state index < -0.39 is 35.9 Å². The highest BCUT2D eigenvalue weighted by Crippen LogP contribution is 2.28. The van der Waals surface area contributed by atoms with E-state index in [2.05, 4.69) is 0 Å². The second kappa shape index (κ2) is 11.4. The highest BCUT2D eigenvalue weighted by molar-refractivity contribution is 5.85. The number of carbonyl (C=O) groups excluding carboxylic acids is 1. The van der Waals surface area contributed by atoms with Crippen LogP contribution in [0.5, 0.6) is 0 Å². The van der Waals surface area contributed by atoms with Crippen LogP contribution in [0.25, 0.3) is 0 Å². The van der Waals surface area contributed by atoms with Crippen LogP contribution < -0.4 is 5.73 Å². The molecule has 2 aromatic carbocycles. The van der Waals surface area contributed by atoms with Crippen molar-refractivity contribution in [3.8, 4) is 0 Å². The van der Waals surface area contributed by atoms with E-state index in [0.29, 0.717) is 37.9 Å². The molecule has 0 aliphatic carbocycles. The molecule has 0 amide bonds. The van der Waals surface area contributed by atoms with Crippen molar-refractivity contribution in [1.29, 1.82) is 0 Å². The number of hydrogen-bond donors (Lipinski definition) is 1. The average molecular weight is 440 g/mol. The Bertz CT molecular complexity index is 821. The van der Waals surface area contributed by atoms with Crippen LogP contribution in [-0.4, -0.2) is 24.2 Å². The summed E-state index contributed by atoms with van der Waals surface area (Å²) in [7, 11) is 0. The van der Waals surface area contributed by atoms with E-state index in [1.54, 1.807) is 6.92 Å². The van der Waals surface area contributed by atoms with Gasteiger partial charge in [0.25, 0.3) is 0 Å². The van der Waals surface area contributed by atoms with Gasteiger partial charge in [-0.05, 0) is 49.3 Å². The highest BCUT2D eigenvalue weighted by atomic mass is 35.5. The fourth-order valence-electron chi connectivity index (χ4n) is 3.83. The van der Waals surface area contributed by atoms with Crippen molar-refractivity contribution in [3.63, 3.8) is 0 Å². The quantitative estimate of drug-likeness (QED) is 0.693. The lowest BCUT2D eigenvalue weighted by Crippen LogP contribution is -2.40. The van der Waals surface area contributed by atoms with Crippen molar-refractivity contribution >= 4 is 18.4 Å². The SMILES string of the molecule is C[C@@H]1OC(=O)[C@@H](N)CCC[C@H](Cc2ccc(F)cc2F)[C@H]1OCc1ccccc1.Cl. The van der Waals surface area contributed by atoms with Crippen LogP contribution in [-0.2, 0) is 27.3 Å². The summed E-state index contributed by atoms with van der Waals surface area (Å²) in [5.41, 5.74) is 7.33. The van der Waals surface area contributed by atoms with Crippen molar-refractivity contribution in [1.82, 2.24) is 0 Å². The summed E-state index contributed by atoms with van der Waals surface area (Å²) in [6.45, 7) is 2.13. The van der Waals surface area contributed by atoms with Crippen LogP contribution in [0.15, 0.2) is 48.5 Å². The molecule has 1 saturated heterocycles. The molecular weight excluding hydrogens is 412 g/mol. The fraction of sp³-hybridized carbons (Fsp3) is 0.435. The van der Waals surface area contributed by atoms with Gasteiger partial charge in [-0.25, -0.2) is 8.78 Å². The van der Waals surface area contributed by atoms with Gasteiger partial charge in [0, 0.05) is 6.07 Å². The topological polar surface area (TPSA) is 61.5 Å². The molecule has 4 atom stereocenters. The van der Waals surface area contributed by atoms with E-state index in [0.717, 1.165) is 11.6 Å². The highest BCUT2D eigenvalue weighted by Gasteiger charge is 2.34. The second-order valence-electron chi connectivity index (χ2n) is 7.64. The number of rotatable bonds is 5. The van der Waals surface area contributed by atoms with Gasteiger partial charge in [0.05, 0.1) is 12.7 Å². The van der Waals surface area contributed by atoms with E-state index in [9.17, 15) is 13.6 Å². The average Bonchev–Trinajstić information content (AvgIpc) is 2.74. The lowest BCUT2D eigenvalue weighted by atomic mass is 9.86. The summed E-state index contributed by atoms with van der Waals surface area (Å²) in [5.74, 6) is -1.73. The second-order valence-corrected chi connectivity index (χ2v) is 7.64. The van der Waals surface area contributed by atoms with Gasteiger partial charge in [0.2, 0.25) is 0 Å². The van der Waals surface area contributed by atoms with Gasteiger partial charge in [-0.3, -0.25) is 4.79 Å². The molecule has 0 saturated carbocycles. The Kier molecular flexibility index (Phi) is 9.21. The normalized spacial score (nSPS) is 24.7. The summed E-state index contributed by atoms with van der Waals surface area (Å²) in [5, 5.41) is 0. The van der Waals surface area contributed by atoms with Gasteiger partial charge >= 0.3 is 5.97 Å². The monoisotopic (exact) mass is 439 g/mol. The van der Waals surface area contributed by atoms with E-state index in [4.69, 9.17) is 15.2 Å². The Morgan fingerprint density at radius 2 is 1.87 bits per heavy atom. The first-order chi connectivity index (χ1) is 13.9. The van der Waals surface area contributed by atoms with Crippen LogP contribution in [0.2, 0.25) is 0 Å². The molecule has 2 N–H and O–H groups in total. The fourth-order valence-corrected chi connectivity index (χ4v) is 3.83. The molecule has 2 aromatic rings. The van der Waals surface area contributed by atoms with Crippen LogP contribution in [0.1, 0.15) is 37.3 Å². The number of hydrogen-bond acceptors (Lipinski definition) is 4. The van der Waals surface area contributed by atoms with E-state index in [1.165, 1.54) is 12.1 Å². The molecule has 4 nitrogen and oxygen atoms in total. The molecule has 1 heterocycles. The van der Waals surface area contributed by atoms with Gasteiger partial charge in [0.15, 0.2) is 0 Å². The standard InChI is InChI=1S/C23H27F2NO3.ClH/c1-15-22(28-14-16-6-3-2-4-7-16)18(8-5-9-21(26)23(27)29-15)12-17-10-11-19(24)13-20(17)25;/h2-4,6-7,10-11,13,15,18,21-22H,5,8-9,12,14,26H2,1H3;1H/t15-,18+,21-,22-;/m0./s1. The number of ether oxygens (including phenoxy) is 2. The largest absolute Gasteiger partial charge is 0.459 e. The minimum atomic E-state index is -0.673. The van der Waals surface area contributed by atoms with Crippen LogP contribution >= 0.6 is 12.4 Å². The predicted octanol–water partition coefficient (Wildman–Crippen LogP) is 4.57. The maximum Gasteiger partial charge on any atom is 0.323 e. The summed E-state index contributed by atoms with van der Waals surface area (Å²) in [4.78, 5) is 12.2.